The van der Waals surface area contributed by atoms with Crippen LogP contribution in [0.5, 0.6) is 0 Å². The van der Waals surface area contributed by atoms with Crippen molar-refractivity contribution >= 4 is 17.1 Å². The van der Waals surface area contributed by atoms with Gasteiger partial charge in [-0.2, -0.15) is 0 Å². The van der Waals surface area contributed by atoms with Gasteiger partial charge in [0, 0.05) is 22.1 Å². The van der Waals surface area contributed by atoms with E-state index >= 15 is 0 Å². The quantitative estimate of drug-likeness (QED) is 0.210. The third-order valence-corrected chi connectivity index (χ3v) is 9.80. The van der Waals surface area contributed by atoms with Crippen molar-refractivity contribution in [1.82, 2.24) is 0 Å². The van der Waals surface area contributed by atoms with Gasteiger partial charge >= 0.3 is 0 Å². The maximum atomic E-state index is 2.57. The fraction of sp³-hybridized carbons (Fsp3) is 0.143. The third-order valence-electron chi connectivity index (χ3n) is 9.80. The topological polar surface area (TPSA) is 3.24 Å². The molecule has 1 heteroatoms. The van der Waals surface area contributed by atoms with Crippen molar-refractivity contribution < 1.29 is 0 Å². The van der Waals surface area contributed by atoms with Crippen molar-refractivity contribution in [2.45, 2.75) is 38.5 Å². The van der Waals surface area contributed by atoms with Gasteiger partial charge in [-0.1, -0.05) is 143 Å². The first-order valence-corrected chi connectivity index (χ1v) is 15.3. The summed E-state index contributed by atoms with van der Waals surface area (Å²) in [5, 5.41) is 0. The summed E-state index contributed by atoms with van der Waals surface area (Å²) < 4.78 is 0. The molecule has 0 saturated heterocycles. The number of para-hydroxylation sites is 2. The summed E-state index contributed by atoms with van der Waals surface area (Å²) in [6.45, 7) is 9.65. The largest absolute Gasteiger partial charge is 0.309 e. The molecule has 43 heavy (non-hydrogen) atoms. The molecule has 0 aromatic heterocycles. The Labute approximate surface area is 255 Å². The molecule has 0 radical (unpaired) electrons. The first kappa shape index (κ1) is 25.8. The van der Waals surface area contributed by atoms with Gasteiger partial charge in [-0.15, -0.1) is 0 Å². The maximum absolute atomic E-state index is 2.57. The van der Waals surface area contributed by atoms with Crippen molar-refractivity contribution in [3.05, 3.63) is 162 Å². The first-order valence-electron chi connectivity index (χ1n) is 15.3. The van der Waals surface area contributed by atoms with E-state index in [-0.39, 0.29) is 10.8 Å². The zero-order valence-electron chi connectivity index (χ0n) is 25.2. The van der Waals surface area contributed by atoms with E-state index in [0.717, 1.165) is 0 Å². The second-order valence-electron chi connectivity index (χ2n) is 13.0. The van der Waals surface area contributed by atoms with Crippen LogP contribution in [-0.2, 0) is 10.8 Å². The summed E-state index contributed by atoms with van der Waals surface area (Å²) in [5.41, 5.74) is 16.7. The Morgan fingerprint density at radius 3 is 1.42 bits per heavy atom. The van der Waals surface area contributed by atoms with E-state index in [9.17, 15) is 0 Å². The normalized spacial score (nSPS) is 14.9. The Morgan fingerprint density at radius 1 is 0.419 bits per heavy atom. The fourth-order valence-electron chi connectivity index (χ4n) is 7.87. The molecule has 0 fully saturated rings. The number of benzene rings is 6. The maximum Gasteiger partial charge on any atom is 0.0556 e. The molecule has 6 aromatic carbocycles. The Bertz CT molecular complexity index is 1930. The highest BCUT2D eigenvalue weighted by atomic mass is 15.2. The average molecular weight is 554 g/mol. The minimum absolute atomic E-state index is 0.185. The van der Waals surface area contributed by atoms with Gasteiger partial charge in [-0.3, -0.25) is 0 Å². The van der Waals surface area contributed by atoms with Crippen LogP contribution in [0.15, 0.2) is 140 Å². The predicted molar refractivity (Wildman–Crippen MR) is 182 cm³/mol. The summed E-state index contributed by atoms with van der Waals surface area (Å²) in [4.78, 5) is 2.57. The lowest BCUT2D eigenvalue weighted by Gasteiger charge is -2.38. The summed E-state index contributed by atoms with van der Waals surface area (Å²) in [7, 11) is 0. The third kappa shape index (κ3) is 3.64. The molecule has 0 amide bonds. The van der Waals surface area contributed by atoms with Crippen LogP contribution >= 0.6 is 0 Å². The predicted octanol–water partition coefficient (Wildman–Crippen LogP) is 11.4. The number of hydrogen-bond acceptors (Lipinski definition) is 1. The molecule has 208 valence electrons. The molecule has 6 aromatic rings. The molecule has 1 nitrogen and oxygen atoms in total. The summed E-state index contributed by atoms with van der Waals surface area (Å²) in [6.07, 6.45) is 0. The number of hydrogen-bond donors (Lipinski definition) is 0. The van der Waals surface area contributed by atoms with Gasteiger partial charge in [0.1, 0.15) is 0 Å². The monoisotopic (exact) mass is 553 g/mol. The van der Waals surface area contributed by atoms with E-state index in [1.54, 1.807) is 0 Å². The lowest BCUT2D eigenvalue weighted by molar-refractivity contribution is 0.640. The highest BCUT2D eigenvalue weighted by Gasteiger charge is 2.46. The van der Waals surface area contributed by atoms with Gasteiger partial charge in [0.2, 0.25) is 0 Å². The molecular weight excluding hydrogens is 518 g/mol. The molecular formula is C42H35N. The molecule has 2 aliphatic rings. The van der Waals surface area contributed by atoms with E-state index in [0.29, 0.717) is 0 Å². The smallest absolute Gasteiger partial charge is 0.0556 e. The molecule has 0 aliphatic heterocycles. The standard InChI is InChI=1S/C42H35N/c1-41(2)35-24-14-11-22-31(35)33-27-34-32-23-12-15-25-36(32)42(3,4)39(34)40(38(33)41)43(29-19-9-6-10-20-29)37-26-16-13-21-30(37)28-17-7-5-8-18-28/h5-27H,1-4H3. The minimum Gasteiger partial charge on any atom is -0.309 e. The lowest BCUT2D eigenvalue weighted by Crippen LogP contribution is -2.26. The van der Waals surface area contributed by atoms with Crippen molar-refractivity contribution in [2.24, 2.45) is 0 Å². The number of rotatable bonds is 4. The molecule has 0 saturated carbocycles. The van der Waals surface area contributed by atoms with E-state index in [1.807, 2.05) is 0 Å². The van der Waals surface area contributed by atoms with E-state index in [4.69, 9.17) is 0 Å². The summed E-state index contributed by atoms with van der Waals surface area (Å²) in [6, 6.07) is 51.2. The highest BCUT2D eigenvalue weighted by Crippen LogP contribution is 2.62. The highest BCUT2D eigenvalue weighted by molar-refractivity contribution is 6.01. The van der Waals surface area contributed by atoms with Crippen LogP contribution in [0.3, 0.4) is 0 Å². The number of fused-ring (bicyclic) bond motifs is 6. The van der Waals surface area contributed by atoms with Gasteiger partial charge in [0.25, 0.3) is 0 Å². The molecule has 2 aliphatic carbocycles. The second-order valence-corrected chi connectivity index (χ2v) is 13.0. The molecule has 0 bridgehead atoms. The Kier molecular flexibility index (Phi) is 5.59. The van der Waals surface area contributed by atoms with Gasteiger partial charge in [0.05, 0.1) is 11.4 Å². The average Bonchev–Trinajstić information content (AvgIpc) is 3.42. The SMILES string of the molecule is CC1(C)c2ccccc2-c2cc3c(c(N(c4ccccc4)c4ccccc4-c4ccccc4)c21)C(C)(C)c1ccccc1-3. The van der Waals surface area contributed by atoms with Crippen LogP contribution < -0.4 is 4.90 Å². The van der Waals surface area contributed by atoms with Crippen molar-refractivity contribution in [2.75, 3.05) is 4.90 Å². The van der Waals surface area contributed by atoms with Crippen LogP contribution in [0.2, 0.25) is 0 Å². The Balaban J connectivity index is 1.55. The summed E-state index contributed by atoms with van der Waals surface area (Å²) in [5.74, 6) is 0. The molecule has 0 heterocycles. The minimum atomic E-state index is -0.185. The lowest BCUT2D eigenvalue weighted by atomic mass is 9.75. The van der Waals surface area contributed by atoms with E-state index in [2.05, 4.69) is 172 Å². The molecule has 0 unspecified atom stereocenters. The van der Waals surface area contributed by atoms with Gasteiger partial charge in [-0.25, -0.2) is 0 Å². The molecule has 8 rings (SSSR count). The first-order chi connectivity index (χ1) is 20.9. The Morgan fingerprint density at radius 2 is 0.860 bits per heavy atom. The second kappa shape index (κ2) is 9.31. The van der Waals surface area contributed by atoms with Crippen LogP contribution in [0.1, 0.15) is 49.9 Å². The fourth-order valence-corrected chi connectivity index (χ4v) is 7.87. The zero-order chi connectivity index (χ0) is 29.3. The van der Waals surface area contributed by atoms with Crippen molar-refractivity contribution in [3.63, 3.8) is 0 Å². The number of nitrogens with zero attached hydrogens (tertiary/aromatic N) is 1. The van der Waals surface area contributed by atoms with Crippen molar-refractivity contribution in [1.29, 1.82) is 0 Å². The van der Waals surface area contributed by atoms with Gasteiger partial charge in [-0.05, 0) is 74.3 Å². The van der Waals surface area contributed by atoms with E-state index < -0.39 is 0 Å². The van der Waals surface area contributed by atoms with Crippen LogP contribution in [0.4, 0.5) is 17.1 Å². The van der Waals surface area contributed by atoms with Crippen LogP contribution in [0, 0.1) is 0 Å². The van der Waals surface area contributed by atoms with Crippen LogP contribution in [0.25, 0.3) is 33.4 Å². The van der Waals surface area contributed by atoms with Crippen molar-refractivity contribution in [3.8, 4) is 33.4 Å². The molecule has 0 atom stereocenters. The zero-order valence-corrected chi connectivity index (χ0v) is 25.2. The Hall–Kier alpha value is -4.88. The molecule has 0 spiro atoms. The van der Waals surface area contributed by atoms with E-state index in [1.165, 1.54) is 72.7 Å². The summed E-state index contributed by atoms with van der Waals surface area (Å²) >= 11 is 0. The van der Waals surface area contributed by atoms with Gasteiger partial charge < -0.3 is 4.90 Å². The molecule has 0 N–H and O–H groups in total. The van der Waals surface area contributed by atoms with Crippen LogP contribution in [-0.4, -0.2) is 0 Å². The van der Waals surface area contributed by atoms with Gasteiger partial charge in [0.15, 0.2) is 0 Å². The number of anilines is 3.